The number of carbonyl (C=O) groups is 1. The molecule has 2 rings (SSSR count). The molecule has 94 valence electrons. The zero-order chi connectivity index (χ0) is 12.8. The molecule has 2 aromatic rings. The lowest BCUT2D eigenvalue weighted by atomic mass is 10.1. The highest BCUT2D eigenvalue weighted by Gasteiger charge is 2.07. The maximum atomic E-state index is 11.6. The fourth-order valence-electron chi connectivity index (χ4n) is 1.79. The average Bonchev–Trinajstić information content (AvgIpc) is 2.92. The predicted octanol–water partition coefficient (Wildman–Crippen LogP) is 3.16. The van der Waals surface area contributed by atoms with E-state index >= 15 is 0 Å². The summed E-state index contributed by atoms with van der Waals surface area (Å²) in [4.78, 5) is 11.6. The number of carbonyl (C=O) groups excluding carboxylic acids is 1. The molecule has 1 heterocycles. The lowest BCUT2D eigenvalue weighted by Crippen LogP contribution is -2.22. The number of furan rings is 1. The van der Waals surface area contributed by atoms with Crippen molar-refractivity contribution in [3.8, 4) is 0 Å². The standard InChI is InChI=1S/C15H17NO2/c1-2-4-12-6-8-13(9-7-12)11-16-15(17)14-5-3-10-18-14/h3,5-10H,2,4,11H2,1H3,(H,16,17). The lowest BCUT2D eigenvalue weighted by Gasteiger charge is -2.05. The van der Waals surface area contributed by atoms with Gasteiger partial charge < -0.3 is 9.73 Å². The second kappa shape index (κ2) is 6.05. The van der Waals surface area contributed by atoms with Gasteiger partial charge in [0.25, 0.3) is 5.91 Å². The smallest absolute Gasteiger partial charge is 0.287 e. The summed E-state index contributed by atoms with van der Waals surface area (Å²) in [5.41, 5.74) is 2.42. The summed E-state index contributed by atoms with van der Waals surface area (Å²) in [6, 6.07) is 11.7. The fourth-order valence-corrected chi connectivity index (χ4v) is 1.79. The first kappa shape index (κ1) is 12.4. The largest absolute Gasteiger partial charge is 0.459 e. The van der Waals surface area contributed by atoms with Crippen LogP contribution in [-0.2, 0) is 13.0 Å². The molecule has 1 N–H and O–H groups in total. The normalized spacial score (nSPS) is 10.3. The molecule has 3 heteroatoms. The van der Waals surface area contributed by atoms with E-state index in [1.54, 1.807) is 12.1 Å². The van der Waals surface area contributed by atoms with Crippen LogP contribution < -0.4 is 5.32 Å². The summed E-state index contributed by atoms with van der Waals surface area (Å²) in [7, 11) is 0. The molecule has 18 heavy (non-hydrogen) atoms. The Kier molecular flexibility index (Phi) is 4.18. The van der Waals surface area contributed by atoms with E-state index < -0.39 is 0 Å². The van der Waals surface area contributed by atoms with Crippen LogP contribution in [0.5, 0.6) is 0 Å². The Morgan fingerprint density at radius 2 is 1.89 bits per heavy atom. The van der Waals surface area contributed by atoms with Gasteiger partial charge in [0.1, 0.15) is 0 Å². The highest BCUT2D eigenvalue weighted by Crippen LogP contribution is 2.07. The van der Waals surface area contributed by atoms with Gasteiger partial charge in [-0.2, -0.15) is 0 Å². The number of benzene rings is 1. The molecule has 0 saturated heterocycles. The Hall–Kier alpha value is -2.03. The number of nitrogens with one attached hydrogen (secondary N) is 1. The highest BCUT2D eigenvalue weighted by molar-refractivity contribution is 5.91. The van der Waals surface area contributed by atoms with Crippen molar-refractivity contribution in [2.45, 2.75) is 26.3 Å². The summed E-state index contributed by atoms with van der Waals surface area (Å²) in [5.74, 6) is 0.162. The van der Waals surface area contributed by atoms with Gasteiger partial charge in [0.2, 0.25) is 0 Å². The minimum absolute atomic E-state index is 0.183. The second-order valence-corrected chi connectivity index (χ2v) is 4.23. The van der Waals surface area contributed by atoms with Crippen LogP contribution in [-0.4, -0.2) is 5.91 Å². The summed E-state index contributed by atoms with van der Waals surface area (Å²) in [6.07, 6.45) is 3.74. The molecule has 1 aromatic carbocycles. The second-order valence-electron chi connectivity index (χ2n) is 4.23. The third-order valence-corrected chi connectivity index (χ3v) is 2.76. The molecule has 0 fully saturated rings. The van der Waals surface area contributed by atoms with Crippen LogP contribution in [0.25, 0.3) is 0 Å². The Labute approximate surface area is 107 Å². The third kappa shape index (κ3) is 3.23. The maximum Gasteiger partial charge on any atom is 0.287 e. The number of amides is 1. The molecule has 0 aliphatic heterocycles. The molecule has 1 aromatic heterocycles. The van der Waals surface area contributed by atoms with Gasteiger partial charge in [0.15, 0.2) is 5.76 Å². The van der Waals surface area contributed by atoms with E-state index in [1.165, 1.54) is 11.8 Å². The lowest BCUT2D eigenvalue weighted by molar-refractivity contribution is 0.0923. The Morgan fingerprint density at radius 1 is 1.17 bits per heavy atom. The van der Waals surface area contributed by atoms with Crippen LogP contribution in [0.15, 0.2) is 47.1 Å². The molecule has 0 radical (unpaired) electrons. The summed E-state index contributed by atoms with van der Waals surface area (Å²) in [5, 5.41) is 2.82. The van der Waals surface area contributed by atoms with Crippen molar-refractivity contribution in [3.63, 3.8) is 0 Å². The Bertz CT molecular complexity index is 486. The van der Waals surface area contributed by atoms with Gasteiger partial charge in [-0.05, 0) is 29.7 Å². The van der Waals surface area contributed by atoms with Crippen molar-refractivity contribution in [1.29, 1.82) is 0 Å². The van der Waals surface area contributed by atoms with Crippen molar-refractivity contribution in [2.75, 3.05) is 0 Å². The van der Waals surface area contributed by atoms with Gasteiger partial charge in [0.05, 0.1) is 6.26 Å². The van der Waals surface area contributed by atoms with E-state index in [1.807, 2.05) is 12.1 Å². The van der Waals surface area contributed by atoms with Crippen molar-refractivity contribution in [3.05, 3.63) is 59.5 Å². The molecule has 3 nitrogen and oxygen atoms in total. The van der Waals surface area contributed by atoms with Crippen LogP contribution in [0.4, 0.5) is 0 Å². The minimum atomic E-state index is -0.183. The zero-order valence-electron chi connectivity index (χ0n) is 10.5. The number of rotatable bonds is 5. The molecule has 0 aliphatic rings. The first-order valence-electron chi connectivity index (χ1n) is 6.19. The molecule has 1 amide bonds. The van der Waals surface area contributed by atoms with E-state index in [2.05, 4.69) is 24.4 Å². The van der Waals surface area contributed by atoms with E-state index in [9.17, 15) is 4.79 Å². The van der Waals surface area contributed by atoms with Gasteiger partial charge >= 0.3 is 0 Å². The quantitative estimate of drug-likeness (QED) is 0.876. The van der Waals surface area contributed by atoms with Gasteiger partial charge in [-0.3, -0.25) is 4.79 Å². The molecular weight excluding hydrogens is 226 g/mol. The topological polar surface area (TPSA) is 42.2 Å². The number of hydrogen-bond acceptors (Lipinski definition) is 2. The van der Waals surface area contributed by atoms with Crippen molar-refractivity contribution in [1.82, 2.24) is 5.32 Å². The molecule has 0 saturated carbocycles. The Balaban J connectivity index is 1.88. The van der Waals surface area contributed by atoms with E-state index in [0.717, 1.165) is 18.4 Å². The van der Waals surface area contributed by atoms with Gasteiger partial charge in [-0.1, -0.05) is 37.6 Å². The van der Waals surface area contributed by atoms with Crippen LogP contribution in [0.1, 0.15) is 35.0 Å². The molecule has 0 atom stereocenters. The van der Waals surface area contributed by atoms with Crippen molar-refractivity contribution >= 4 is 5.91 Å². The van der Waals surface area contributed by atoms with Crippen molar-refractivity contribution < 1.29 is 9.21 Å². The molecule has 0 aliphatic carbocycles. The first-order chi connectivity index (χ1) is 8.79. The van der Waals surface area contributed by atoms with E-state index in [0.29, 0.717) is 12.3 Å². The van der Waals surface area contributed by atoms with E-state index in [4.69, 9.17) is 4.42 Å². The SMILES string of the molecule is CCCc1ccc(CNC(=O)c2ccco2)cc1. The highest BCUT2D eigenvalue weighted by atomic mass is 16.3. The monoisotopic (exact) mass is 243 g/mol. The molecular formula is C15H17NO2. The van der Waals surface area contributed by atoms with Crippen molar-refractivity contribution in [2.24, 2.45) is 0 Å². The van der Waals surface area contributed by atoms with Crippen LogP contribution in [0.3, 0.4) is 0 Å². The van der Waals surface area contributed by atoms with Crippen LogP contribution in [0, 0.1) is 0 Å². The summed E-state index contributed by atoms with van der Waals surface area (Å²) >= 11 is 0. The first-order valence-corrected chi connectivity index (χ1v) is 6.19. The molecule has 0 spiro atoms. The van der Waals surface area contributed by atoms with Gasteiger partial charge in [0, 0.05) is 6.54 Å². The van der Waals surface area contributed by atoms with Gasteiger partial charge in [-0.25, -0.2) is 0 Å². The summed E-state index contributed by atoms with van der Waals surface area (Å²) < 4.78 is 5.02. The molecule has 0 unspecified atom stereocenters. The average molecular weight is 243 g/mol. The van der Waals surface area contributed by atoms with Crippen LogP contribution in [0.2, 0.25) is 0 Å². The van der Waals surface area contributed by atoms with Crippen LogP contribution >= 0.6 is 0 Å². The summed E-state index contributed by atoms with van der Waals surface area (Å²) in [6.45, 7) is 2.68. The fraction of sp³-hybridized carbons (Fsp3) is 0.267. The maximum absolute atomic E-state index is 11.6. The predicted molar refractivity (Wildman–Crippen MR) is 70.3 cm³/mol. The minimum Gasteiger partial charge on any atom is -0.459 e. The molecule has 0 bridgehead atoms. The number of aryl methyl sites for hydroxylation is 1. The Morgan fingerprint density at radius 3 is 2.50 bits per heavy atom. The zero-order valence-corrected chi connectivity index (χ0v) is 10.5. The van der Waals surface area contributed by atoms with E-state index in [-0.39, 0.29) is 5.91 Å². The van der Waals surface area contributed by atoms with Gasteiger partial charge in [-0.15, -0.1) is 0 Å². The number of hydrogen-bond donors (Lipinski definition) is 1. The third-order valence-electron chi connectivity index (χ3n) is 2.76.